The van der Waals surface area contributed by atoms with Gasteiger partial charge in [-0.2, -0.15) is 0 Å². The highest BCUT2D eigenvalue weighted by Gasteiger charge is 2.31. The fraction of sp³-hybridized carbons (Fsp3) is 0.125. The maximum atomic E-state index is 12.0. The molecule has 0 radical (unpaired) electrons. The highest BCUT2D eigenvalue weighted by molar-refractivity contribution is 6.37. The van der Waals surface area contributed by atoms with Crippen LogP contribution in [0.1, 0.15) is 5.56 Å². The van der Waals surface area contributed by atoms with Gasteiger partial charge in [0.15, 0.2) is 0 Å². The highest BCUT2D eigenvalue weighted by atomic mass is 19.4. The third kappa shape index (κ3) is 5.64. The van der Waals surface area contributed by atoms with Crippen LogP contribution in [0.2, 0.25) is 0 Å². The van der Waals surface area contributed by atoms with Crippen molar-refractivity contribution in [1.29, 1.82) is 0 Å². The van der Waals surface area contributed by atoms with Gasteiger partial charge in [-0.05, 0) is 29.8 Å². The number of alkyl halides is 3. The molecule has 0 bridgehead atoms. The molecule has 0 aliphatic heterocycles. The summed E-state index contributed by atoms with van der Waals surface area (Å²) >= 11 is 0. The minimum atomic E-state index is -4.80. The molecule has 0 aromatic heterocycles. The van der Waals surface area contributed by atoms with Gasteiger partial charge in [-0.1, -0.05) is 30.3 Å². The molecular formula is C16H12F3NO4. The fourth-order valence-electron chi connectivity index (χ4n) is 1.71. The van der Waals surface area contributed by atoms with Crippen LogP contribution in [0.5, 0.6) is 5.75 Å². The van der Waals surface area contributed by atoms with Gasteiger partial charge in [-0.15, -0.1) is 13.2 Å². The number of anilines is 1. The number of esters is 1. The van der Waals surface area contributed by atoms with E-state index in [2.05, 4.69) is 10.1 Å². The normalized spacial score (nSPS) is 10.8. The number of ether oxygens (including phenoxy) is 2. The van der Waals surface area contributed by atoms with E-state index in [0.29, 0.717) is 5.56 Å². The van der Waals surface area contributed by atoms with Gasteiger partial charge in [-0.25, -0.2) is 4.79 Å². The van der Waals surface area contributed by atoms with Crippen LogP contribution in [0.3, 0.4) is 0 Å². The van der Waals surface area contributed by atoms with E-state index in [0.717, 1.165) is 12.1 Å². The van der Waals surface area contributed by atoms with Crippen molar-refractivity contribution in [3.05, 3.63) is 60.2 Å². The summed E-state index contributed by atoms with van der Waals surface area (Å²) in [5.74, 6) is -2.57. The number of hydrogen-bond acceptors (Lipinski definition) is 4. The zero-order valence-electron chi connectivity index (χ0n) is 12.2. The predicted octanol–water partition coefficient (Wildman–Crippen LogP) is 3.27. The molecule has 5 nitrogen and oxygen atoms in total. The summed E-state index contributed by atoms with van der Waals surface area (Å²) < 4.78 is 44.6. The molecule has 2 aromatic carbocycles. The molecule has 0 fully saturated rings. The van der Waals surface area contributed by atoms with Gasteiger partial charge in [0.05, 0.1) is 0 Å². The molecule has 0 spiro atoms. The molecule has 0 atom stereocenters. The molecule has 2 aromatic rings. The zero-order chi connectivity index (χ0) is 17.6. The quantitative estimate of drug-likeness (QED) is 0.686. The monoisotopic (exact) mass is 339 g/mol. The largest absolute Gasteiger partial charge is 0.573 e. The second-order valence-corrected chi connectivity index (χ2v) is 4.59. The van der Waals surface area contributed by atoms with Gasteiger partial charge >= 0.3 is 18.2 Å². The summed E-state index contributed by atoms with van der Waals surface area (Å²) in [6, 6.07) is 13.1. The van der Waals surface area contributed by atoms with E-state index in [1.807, 2.05) is 0 Å². The van der Waals surface area contributed by atoms with Gasteiger partial charge in [0, 0.05) is 5.69 Å². The summed E-state index contributed by atoms with van der Waals surface area (Å²) in [4.78, 5) is 23.2. The van der Waals surface area contributed by atoms with Gasteiger partial charge in [0.2, 0.25) is 0 Å². The van der Waals surface area contributed by atoms with Crippen molar-refractivity contribution in [3.8, 4) is 5.75 Å². The van der Waals surface area contributed by atoms with E-state index in [1.54, 1.807) is 30.3 Å². The van der Waals surface area contributed by atoms with Crippen LogP contribution < -0.4 is 10.1 Å². The number of halogens is 3. The lowest BCUT2D eigenvalue weighted by Crippen LogP contribution is -2.25. The van der Waals surface area contributed by atoms with Crippen molar-refractivity contribution in [2.75, 3.05) is 5.32 Å². The topological polar surface area (TPSA) is 64.6 Å². The van der Waals surface area contributed by atoms with Gasteiger partial charge in [0.25, 0.3) is 0 Å². The molecule has 1 N–H and O–H groups in total. The lowest BCUT2D eigenvalue weighted by atomic mass is 10.2. The van der Waals surface area contributed by atoms with Crippen molar-refractivity contribution in [2.24, 2.45) is 0 Å². The molecule has 0 saturated carbocycles. The van der Waals surface area contributed by atoms with Crippen molar-refractivity contribution < 1.29 is 32.2 Å². The molecule has 0 heterocycles. The van der Waals surface area contributed by atoms with Gasteiger partial charge < -0.3 is 14.8 Å². The fourth-order valence-corrected chi connectivity index (χ4v) is 1.71. The van der Waals surface area contributed by atoms with Crippen LogP contribution in [0, 0.1) is 0 Å². The van der Waals surface area contributed by atoms with E-state index in [9.17, 15) is 22.8 Å². The van der Waals surface area contributed by atoms with Crippen molar-refractivity contribution in [2.45, 2.75) is 13.0 Å². The van der Waals surface area contributed by atoms with Crippen molar-refractivity contribution in [1.82, 2.24) is 0 Å². The minimum absolute atomic E-state index is 0.0640. The van der Waals surface area contributed by atoms with Crippen molar-refractivity contribution in [3.63, 3.8) is 0 Å². The number of amides is 1. The summed E-state index contributed by atoms with van der Waals surface area (Å²) in [5.41, 5.74) is 0.846. The van der Waals surface area contributed by atoms with Crippen LogP contribution in [0.25, 0.3) is 0 Å². The van der Waals surface area contributed by atoms with Gasteiger partial charge in [-0.3, -0.25) is 4.79 Å². The van der Waals surface area contributed by atoms with Crippen LogP contribution in [0.15, 0.2) is 54.6 Å². The Bertz CT molecular complexity index is 700. The Labute approximate surface area is 135 Å². The molecule has 0 unspecified atom stereocenters. The number of nitrogens with one attached hydrogen (secondary N) is 1. The summed E-state index contributed by atoms with van der Waals surface area (Å²) in [5, 5.41) is 2.22. The van der Waals surface area contributed by atoms with E-state index in [4.69, 9.17) is 4.74 Å². The molecule has 0 aliphatic rings. The molecule has 0 saturated heterocycles. The third-order valence-corrected chi connectivity index (χ3v) is 2.74. The second-order valence-electron chi connectivity index (χ2n) is 4.59. The summed E-state index contributed by atoms with van der Waals surface area (Å²) in [7, 11) is 0. The predicted molar refractivity (Wildman–Crippen MR) is 78.0 cm³/mol. The number of carbonyl (C=O) groups is 2. The number of rotatable bonds is 4. The van der Waals surface area contributed by atoms with Crippen LogP contribution in [0.4, 0.5) is 18.9 Å². The van der Waals surface area contributed by atoms with Crippen LogP contribution in [-0.2, 0) is 20.9 Å². The summed E-state index contributed by atoms with van der Waals surface area (Å²) in [6.45, 7) is -0.0640. The third-order valence-electron chi connectivity index (χ3n) is 2.74. The average molecular weight is 339 g/mol. The molecular weight excluding hydrogens is 327 g/mol. The first-order valence-corrected chi connectivity index (χ1v) is 6.71. The SMILES string of the molecule is O=C(Nc1ccc(OC(F)(F)F)cc1)C(=O)OCc1ccccc1. The number of hydrogen-bond donors (Lipinski definition) is 1. The number of benzene rings is 2. The number of carbonyl (C=O) groups excluding carboxylic acids is 2. The van der Waals surface area contributed by atoms with E-state index >= 15 is 0 Å². The first-order valence-electron chi connectivity index (χ1n) is 6.71. The Morgan fingerprint density at radius 1 is 0.958 bits per heavy atom. The summed E-state index contributed by atoms with van der Waals surface area (Å²) in [6.07, 6.45) is -4.80. The average Bonchev–Trinajstić information content (AvgIpc) is 2.54. The molecule has 126 valence electrons. The zero-order valence-corrected chi connectivity index (χ0v) is 12.2. The second kappa shape index (κ2) is 7.49. The standard InChI is InChI=1S/C16H12F3NO4/c17-16(18,19)24-13-8-6-12(7-9-13)20-14(21)15(22)23-10-11-4-2-1-3-5-11/h1-9H,10H2,(H,20,21). The van der Waals surface area contributed by atoms with Crippen LogP contribution in [-0.4, -0.2) is 18.2 Å². The Morgan fingerprint density at radius 2 is 1.58 bits per heavy atom. The molecule has 0 aliphatic carbocycles. The minimum Gasteiger partial charge on any atom is -0.454 e. The van der Waals surface area contributed by atoms with Crippen molar-refractivity contribution >= 4 is 17.6 Å². The highest BCUT2D eigenvalue weighted by Crippen LogP contribution is 2.23. The lowest BCUT2D eigenvalue weighted by molar-refractivity contribution is -0.274. The Balaban J connectivity index is 1.86. The van der Waals surface area contributed by atoms with E-state index in [-0.39, 0.29) is 12.3 Å². The first-order chi connectivity index (χ1) is 11.3. The molecule has 1 amide bonds. The smallest absolute Gasteiger partial charge is 0.454 e. The van der Waals surface area contributed by atoms with E-state index in [1.165, 1.54) is 12.1 Å². The Morgan fingerprint density at radius 3 is 2.17 bits per heavy atom. The lowest BCUT2D eigenvalue weighted by Gasteiger charge is -2.10. The van der Waals surface area contributed by atoms with Gasteiger partial charge in [0.1, 0.15) is 12.4 Å². The Kier molecular flexibility index (Phi) is 5.41. The maximum absolute atomic E-state index is 12.0. The molecule has 2 rings (SSSR count). The Hall–Kier alpha value is -3.03. The molecule has 24 heavy (non-hydrogen) atoms. The van der Waals surface area contributed by atoms with E-state index < -0.39 is 24.0 Å². The van der Waals surface area contributed by atoms with Crippen LogP contribution >= 0.6 is 0 Å². The first kappa shape index (κ1) is 17.3. The molecule has 8 heteroatoms. The maximum Gasteiger partial charge on any atom is 0.573 e.